The largest absolute Gasteiger partial charge is 0.493 e. The van der Waals surface area contributed by atoms with Crippen LogP contribution in [0, 0.1) is 0 Å². The third-order valence-corrected chi connectivity index (χ3v) is 3.06. The van der Waals surface area contributed by atoms with Gasteiger partial charge in [-0.1, -0.05) is 0 Å². The molecule has 9 heteroatoms. The number of nitrogens with two attached hydrogens (primary N) is 1. The highest BCUT2D eigenvalue weighted by molar-refractivity contribution is 8.00. The van der Waals surface area contributed by atoms with Gasteiger partial charge < -0.3 is 19.9 Å². The number of methoxy groups -OCH3 is 2. The Hall–Kier alpha value is -1.77. The molecule has 0 bridgehead atoms. The van der Waals surface area contributed by atoms with Crippen LogP contribution in [0.2, 0.25) is 0 Å². The van der Waals surface area contributed by atoms with Crippen LogP contribution in [0.5, 0.6) is 11.5 Å². The maximum atomic E-state index is 11.9. The number of thioether (sulfide) groups is 1. The zero-order valence-electron chi connectivity index (χ0n) is 11.3. The molecular weight excluding hydrogens is 311 g/mol. The molecule has 0 spiro atoms. The van der Waals surface area contributed by atoms with Gasteiger partial charge >= 0.3 is 11.5 Å². The average Bonchev–Trinajstić information content (AvgIpc) is 2.41. The summed E-state index contributed by atoms with van der Waals surface area (Å²) in [5.74, 6) is -0.610. The number of halogens is 3. The van der Waals surface area contributed by atoms with Gasteiger partial charge in [-0.3, -0.25) is 0 Å². The summed E-state index contributed by atoms with van der Waals surface area (Å²) in [6.07, 6.45) is 0. The van der Waals surface area contributed by atoms with Crippen molar-refractivity contribution in [3.8, 4) is 11.5 Å². The topological polar surface area (TPSA) is 70.8 Å². The highest BCUT2D eigenvalue weighted by atomic mass is 32.2. The number of nitrogen functional groups attached to an aromatic ring is 1. The van der Waals surface area contributed by atoms with Gasteiger partial charge in [-0.2, -0.15) is 13.2 Å². The van der Waals surface area contributed by atoms with Crippen molar-refractivity contribution in [2.24, 2.45) is 0 Å². The van der Waals surface area contributed by atoms with Crippen LogP contribution in [0.3, 0.4) is 0 Å². The highest BCUT2D eigenvalue weighted by Gasteiger charge is 2.27. The molecule has 1 aromatic rings. The van der Waals surface area contributed by atoms with E-state index in [-0.39, 0.29) is 41.1 Å². The van der Waals surface area contributed by atoms with Gasteiger partial charge in [0.15, 0.2) is 11.5 Å². The molecule has 0 amide bonds. The van der Waals surface area contributed by atoms with E-state index in [1.807, 2.05) is 0 Å². The monoisotopic (exact) mass is 325 g/mol. The molecule has 1 aromatic carbocycles. The molecule has 21 heavy (non-hydrogen) atoms. The number of ether oxygens (including phenoxy) is 3. The third kappa shape index (κ3) is 5.25. The quantitative estimate of drug-likeness (QED) is 0.493. The standard InChI is InChI=1S/C12H14F3NO4S/c1-18-9-5-7(8(16)6-10(9)19-2)11(17)20-3-4-21-12(13,14)15/h5-6H,3-4,16H2,1-2H3. The van der Waals surface area contributed by atoms with Gasteiger partial charge in [0, 0.05) is 17.9 Å². The average molecular weight is 325 g/mol. The Morgan fingerprint density at radius 3 is 2.33 bits per heavy atom. The molecular formula is C12H14F3NO4S. The van der Waals surface area contributed by atoms with Gasteiger partial charge in [0.2, 0.25) is 0 Å². The molecule has 0 radical (unpaired) electrons. The first-order valence-electron chi connectivity index (χ1n) is 5.67. The minimum atomic E-state index is -4.35. The van der Waals surface area contributed by atoms with Crippen molar-refractivity contribution < 1.29 is 32.2 Å². The highest BCUT2D eigenvalue weighted by Crippen LogP contribution is 2.32. The van der Waals surface area contributed by atoms with Crippen molar-refractivity contribution in [2.75, 3.05) is 32.3 Å². The molecule has 118 valence electrons. The summed E-state index contributed by atoms with van der Waals surface area (Å²) >= 11 is -0.264. The summed E-state index contributed by atoms with van der Waals surface area (Å²) in [6, 6.07) is 2.69. The maximum Gasteiger partial charge on any atom is 0.441 e. The van der Waals surface area contributed by atoms with Gasteiger partial charge in [0.25, 0.3) is 0 Å². The summed E-state index contributed by atoms with van der Waals surface area (Å²) in [5, 5.41) is 0. The first-order valence-corrected chi connectivity index (χ1v) is 6.66. The lowest BCUT2D eigenvalue weighted by Crippen LogP contribution is -2.12. The van der Waals surface area contributed by atoms with Crippen LogP contribution < -0.4 is 15.2 Å². The van der Waals surface area contributed by atoms with Gasteiger partial charge in [-0.25, -0.2) is 4.79 Å². The fourth-order valence-electron chi connectivity index (χ4n) is 1.44. The number of hydrogen-bond donors (Lipinski definition) is 1. The normalized spacial score (nSPS) is 11.1. The Balaban J connectivity index is 2.70. The molecule has 2 N–H and O–H groups in total. The first kappa shape index (κ1) is 17.3. The third-order valence-electron chi connectivity index (χ3n) is 2.36. The number of anilines is 1. The molecule has 0 heterocycles. The molecule has 5 nitrogen and oxygen atoms in total. The van der Waals surface area contributed by atoms with E-state index >= 15 is 0 Å². The van der Waals surface area contributed by atoms with E-state index < -0.39 is 11.5 Å². The van der Waals surface area contributed by atoms with Crippen LogP contribution in [-0.4, -0.2) is 38.1 Å². The number of esters is 1. The molecule has 0 unspecified atom stereocenters. The van der Waals surface area contributed by atoms with Crippen LogP contribution >= 0.6 is 11.8 Å². The van der Waals surface area contributed by atoms with E-state index in [1.54, 1.807) is 0 Å². The second kappa shape index (κ2) is 7.30. The van der Waals surface area contributed by atoms with Crippen molar-refractivity contribution >= 4 is 23.4 Å². The van der Waals surface area contributed by atoms with Crippen molar-refractivity contribution in [2.45, 2.75) is 5.51 Å². The second-order valence-electron chi connectivity index (χ2n) is 3.72. The van der Waals surface area contributed by atoms with E-state index in [0.29, 0.717) is 5.75 Å². The predicted molar refractivity (Wildman–Crippen MR) is 72.8 cm³/mol. The van der Waals surface area contributed by atoms with Gasteiger partial charge in [-0.15, -0.1) is 0 Å². The second-order valence-corrected chi connectivity index (χ2v) is 4.88. The number of carbonyl (C=O) groups excluding carboxylic acids is 1. The van der Waals surface area contributed by atoms with Crippen LogP contribution in [-0.2, 0) is 4.74 Å². The molecule has 0 saturated heterocycles. The molecule has 1 rings (SSSR count). The first-order chi connectivity index (χ1) is 9.78. The summed E-state index contributed by atoms with van der Waals surface area (Å²) in [7, 11) is 2.78. The van der Waals surface area contributed by atoms with Crippen molar-refractivity contribution in [3.63, 3.8) is 0 Å². The van der Waals surface area contributed by atoms with Gasteiger partial charge in [0.05, 0.1) is 25.5 Å². The molecule has 0 atom stereocenters. The van der Waals surface area contributed by atoms with E-state index in [9.17, 15) is 18.0 Å². The van der Waals surface area contributed by atoms with E-state index in [2.05, 4.69) is 0 Å². The Morgan fingerprint density at radius 2 is 1.81 bits per heavy atom. The number of rotatable bonds is 6. The predicted octanol–water partition coefficient (Wildman–Crippen LogP) is 2.70. The Morgan fingerprint density at radius 1 is 1.24 bits per heavy atom. The summed E-state index contributed by atoms with van der Waals surface area (Å²) in [5.41, 5.74) is 1.41. The van der Waals surface area contributed by atoms with Crippen molar-refractivity contribution in [3.05, 3.63) is 17.7 Å². The lowest BCUT2D eigenvalue weighted by Gasteiger charge is -2.12. The molecule has 0 fully saturated rings. The van der Waals surface area contributed by atoms with Crippen LogP contribution in [0.1, 0.15) is 10.4 Å². The molecule has 0 aliphatic rings. The van der Waals surface area contributed by atoms with Crippen LogP contribution in [0.4, 0.5) is 18.9 Å². The molecule has 0 aromatic heterocycles. The molecule has 0 saturated carbocycles. The van der Waals surface area contributed by atoms with Gasteiger partial charge in [0.1, 0.15) is 6.61 Å². The fraction of sp³-hybridized carbons (Fsp3) is 0.417. The lowest BCUT2D eigenvalue weighted by atomic mass is 10.1. The number of hydrogen-bond acceptors (Lipinski definition) is 6. The van der Waals surface area contributed by atoms with Crippen LogP contribution in [0.15, 0.2) is 12.1 Å². The maximum absolute atomic E-state index is 11.9. The summed E-state index contributed by atoms with van der Waals surface area (Å²) < 4.78 is 50.5. The number of benzene rings is 1. The van der Waals surface area contributed by atoms with Crippen molar-refractivity contribution in [1.82, 2.24) is 0 Å². The zero-order valence-corrected chi connectivity index (χ0v) is 12.1. The minimum absolute atomic E-state index is 0.00431. The summed E-state index contributed by atoms with van der Waals surface area (Å²) in [6.45, 7) is -0.378. The van der Waals surface area contributed by atoms with Crippen molar-refractivity contribution in [1.29, 1.82) is 0 Å². The fourth-order valence-corrected chi connectivity index (χ4v) is 1.84. The smallest absolute Gasteiger partial charge is 0.441 e. The van der Waals surface area contributed by atoms with E-state index in [1.165, 1.54) is 26.4 Å². The zero-order chi connectivity index (χ0) is 16.0. The van der Waals surface area contributed by atoms with Gasteiger partial charge in [-0.05, 0) is 11.8 Å². The Bertz CT molecular complexity index is 508. The van der Waals surface area contributed by atoms with E-state index in [0.717, 1.165) is 0 Å². The summed E-state index contributed by atoms with van der Waals surface area (Å²) in [4.78, 5) is 11.8. The Kier molecular flexibility index (Phi) is 6.01. The number of carbonyl (C=O) groups is 1. The minimum Gasteiger partial charge on any atom is -0.493 e. The van der Waals surface area contributed by atoms with E-state index in [4.69, 9.17) is 19.9 Å². The Labute approximate surface area is 123 Å². The number of alkyl halides is 3. The molecule has 0 aliphatic heterocycles. The molecule has 0 aliphatic carbocycles. The lowest BCUT2D eigenvalue weighted by molar-refractivity contribution is -0.0331. The SMILES string of the molecule is COc1cc(N)c(C(=O)OCCSC(F)(F)F)cc1OC. The van der Waals surface area contributed by atoms with Crippen LogP contribution in [0.25, 0.3) is 0 Å².